The summed E-state index contributed by atoms with van der Waals surface area (Å²) >= 11 is 0. The highest BCUT2D eigenvalue weighted by atomic mass is 19.4. The summed E-state index contributed by atoms with van der Waals surface area (Å²) in [5.74, 6) is 0.418. The van der Waals surface area contributed by atoms with Crippen LogP contribution in [0.2, 0.25) is 0 Å². The van der Waals surface area contributed by atoms with E-state index in [0.29, 0.717) is 35.8 Å². The zero-order valence-corrected chi connectivity index (χ0v) is 18.3. The number of alkyl halides is 3. The van der Waals surface area contributed by atoms with E-state index in [1.54, 1.807) is 12.3 Å². The molecule has 0 saturated carbocycles. The van der Waals surface area contributed by atoms with Gasteiger partial charge in [-0.15, -0.1) is 0 Å². The molecule has 0 bridgehead atoms. The van der Waals surface area contributed by atoms with Gasteiger partial charge < -0.3 is 10.5 Å². The van der Waals surface area contributed by atoms with Gasteiger partial charge in [0.05, 0.1) is 29.5 Å². The summed E-state index contributed by atoms with van der Waals surface area (Å²) in [6.07, 6.45) is 0.462. The summed E-state index contributed by atoms with van der Waals surface area (Å²) in [5, 5.41) is 4.63. The van der Waals surface area contributed by atoms with Crippen molar-refractivity contribution in [2.45, 2.75) is 38.4 Å². The number of rotatable bonds is 7. The SMILES string of the molecule is NCCCCOc1cnc2ccc(-c3c(-c4cccc(C(F)(F)F)n4)nn4c3CCC4)cc2n1. The average Bonchev–Trinajstić information content (AvgIpc) is 3.42. The minimum Gasteiger partial charge on any atom is -0.477 e. The molecule has 1 aliphatic heterocycles. The van der Waals surface area contributed by atoms with E-state index in [1.165, 1.54) is 6.07 Å². The first-order valence-electron chi connectivity index (χ1n) is 11.2. The highest BCUT2D eigenvalue weighted by Gasteiger charge is 2.33. The normalized spacial score (nSPS) is 13.4. The molecule has 0 unspecified atom stereocenters. The van der Waals surface area contributed by atoms with E-state index in [0.717, 1.165) is 55.1 Å². The molecule has 10 heteroatoms. The van der Waals surface area contributed by atoms with Gasteiger partial charge in [0.2, 0.25) is 5.88 Å². The molecule has 0 fully saturated rings. The first-order chi connectivity index (χ1) is 16.4. The number of halogens is 3. The standard InChI is InChI=1S/C24H23F3N6O/c25-24(26,27)20-7-3-5-17(30-20)23-22(19-6-4-11-33(19)32-23)15-8-9-16-18(13-15)31-21(14-29-16)34-12-2-1-10-28/h3,5,7-9,13-14H,1-2,4,6,10-12,28H2. The molecular formula is C24H23F3N6O. The topological polar surface area (TPSA) is 91.7 Å². The van der Waals surface area contributed by atoms with Crippen molar-refractivity contribution in [1.29, 1.82) is 0 Å². The van der Waals surface area contributed by atoms with Crippen LogP contribution in [0.1, 0.15) is 30.7 Å². The number of hydrogen-bond donors (Lipinski definition) is 1. The minimum atomic E-state index is -4.53. The van der Waals surface area contributed by atoms with Crippen LogP contribution >= 0.6 is 0 Å². The molecule has 4 heterocycles. The molecule has 0 atom stereocenters. The van der Waals surface area contributed by atoms with Gasteiger partial charge in [0.15, 0.2) is 0 Å². The summed E-state index contributed by atoms with van der Waals surface area (Å²) in [7, 11) is 0. The van der Waals surface area contributed by atoms with Crippen molar-refractivity contribution in [3.63, 3.8) is 0 Å². The molecule has 34 heavy (non-hydrogen) atoms. The van der Waals surface area contributed by atoms with Crippen LogP contribution in [0.3, 0.4) is 0 Å². The van der Waals surface area contributed by atoms with E-state index in [1.807, 2.05) is 22.9 Å². The molecule has 2 N–H and O–H groups in total. The number of pyridine rings is 1. The lowest BCUT2D eigenvalue weighted by molar-refractivity contribution is -0.141. The van der Waals surface area contributed by atoms with Gasteiger partial charge in [0.1, 0.15) is 11.4 Å². The van der Waals surface area contributed by atoms with Gasteiger partial charge in [-0.25, -0.2) is 15.0 Å². The van der Waals surface area contributed by atoms with Crippen molar-refractivity contribution in [1.82, 2.24) is 24.7 Å². The number of fused-ring (bicyclic) bond motifs is 2. The maximum absolute atomic E-state index is 13.3. The Morgan fingerprint density at radius 1 is 1.06 bits per heavy atom. The van der Waals surface area contributed by atoms with Crippen molar-refractivity contribution in [2.24, 2.45) is 5.73 Å². The second-order valence-electron chi connectivity index (χ2n) is 8.16. The molecule has 0 aliphatic carbocycles. The second kappa shape index (κ2) is 9.02. The number of ether oxygens (including phenoxy) is 1. The van der Waals surface area contributed by atoms with E-state index < -0.39 is 11.9 Å². The summed E-state index contributed by atoms with van der Waals surface area (Å²) in [5.41, 5.74) is 9.10. The van der Waals surface area contributed by atoms with E-state index in [-0.39, 0.29) is 5.69 Å². The van der Waals surface area contributed by atoms with Crippen LogP contribution in [-0.4, -0.2) is 37.9 Å². The minimum absolute atomic E-state index is 0.190. The average molecular weight is 468 g/mol. The predicted octanol–water partition coefficient (Wildman–Crippen LogP) is 4.64. The molecule has 1 aromatic carbocycles. The summed E-state index contributed by atoms with van der Waals surface area (Å²) < 4.78 is 47.4. The molecule has 7 nitrogen and oxygen atoms in total. The Morgan fingerprint density at radius 2 is 1.94 bits per heavy atom. The van der Waals surface area contributed by atoms with Crippen molar-refractivity contribution < 1.29 is 17.9 Å². The van der Waals surface area contributed by atoms with Crippen LogP contribution in [0.4, 0.5) is 13.2 Å². The number of aryl methyl sites for hydroxylation is 1. The lowest BCUT2D eigenvalue weighted by atomic mass is 9.99. The lowest BCUT2D eigenvalue weighted by Crippen LogP contribution is -2.08. The fourth-order valence-electron chi connectivity index (χ4n) is 4.18. The molecule has 176 valence electrons. The van der Waals surface area contributed by atoms with E-state index in [4.69, 9.17) is 10.5 Å². The number of nitrogens with zero attached hydrogens (tertiary/aromatic N) is 5. The highest BCUT2D eigenvalue weighted by molar-refractivity contribution is 5.87. The molecule has 1 aliphatic rings. The number of nitrogens with two attached hydrogens (primary N) is 1. The maximum Gasteiger partial charge on any atom is 0.433 e. The summed E-state index contributed by atoms with van der Waals surface area (Å²) in [6.45, 7) is 1.82. The van der Waals surface area contributed by atoms with Gasteiger partial charge in [-0.1, -0.05) is 12.1 Å². The van der Waals surface area contributed by atoms with Crippen molar-refractivity contribution >= 4 is 11.0 Å². The largest absolute Gasteiger partial charge is 0.477 e. The van der Waals surface area contributed by atoms with Crippen LogP contribution in [0.25, 0.3) is 33.5 Å². The number of aromatic nitrogens is 5. The first-order valence-corrected chi connectivity index (χ1v) is 11.2. The monoisotopic (exact) mass is 468 g/mol. The Hall–Kier alpha value is -3.53. The Morgan fingerprint density at radius 3 is 2.76 bits per heavy atom. The molecule has 4 aromatic rings. The van der Waals surface area contributed by atoms with Crippen LogP contribution in [0.15, 0.2) is 42.6 Å². The fourth-order valence-corrected chi connectivity index (χ4v) is 4.18. The maximum atomic E-state index is 13.3. The quantitative estimate of drug-likeness (QED) is 0.398. The van der Waals surface area contributed by atoms with Gasteiger partial charge in [-0.3, -0.25) is 4.68 Å². The first kappa shape index (κ1) is 22.3. The van der Waals surface area contributed by atoms with E-state index >= 15 is 0 Å². The van der Waals surface area contributed by atoms with Gasteiger partial charge in [0.25, 0.3) is 0 Å². The van der Waals surface area contributed by atoms with Crippen LogP contribution in [0, 0.1) is 0 Å². The zero-order chi connectivity index (χ0) is 23.7. The van der Waals surface area contributed by atoms with Crippen molar-refractivity contribution in [3.05, 3.63) is 54.0 Å². The summed E-state index contributed by atoms with van der Waals surface area (Å²) in [6, 6.07) is 9.50. The number of benzene rings is 1. The van der Waals surface area contributed by atoms with Crippen LogP contribution in [-0.2, 0) is 19.1 Å². The van der Waals surface area contributed by atoms with Crippen LogP contribution < -0.4 is 10.5 Å². The molecular weight excluding hydrogens is 445 g/mol. The molecule has 0 amide bonds. The molecule has 0 radical (unpaired) electrons. The Bertz CT molecular complexity index is 1330. The summed E-state index contributed by atoms with van der Waals surface area (Å²) in [4.78, 5) is 12.9. The van der Waals surface area contributed by atoms with E-state index in [2.05, 4.69) is 20.1 Å². The predicted molar refractivity (Wildman–Crippen MR) is 121 cm³/mol. The highest BCUT2D eigenvalue weighted by Crippen LogP contribution is 2.38. The Kier molecular flexibility index (Phi) is 5.91. The molecule has 5 rings (SSSR count). The lowest BCUT2D eigenvalue weighted by Gasteiger charge is -2.10. The molecule has 0 saturated heterocycles. The smallest absolute Gasteiger partial charge is 0.433 e. The van der Waals surface area contributed by atoms with Gasteiger partial charge in [0, 0.05) is 17.8 Å². The third kappa shape index (κ3) is 4.33. The number of hydrogen-bond acceptors (Lipinski definition) is 6. The second-order valence-corrected chi connectivity index (χ2v) is 8.16. The van der Waals surface area contributed by atoms with Crippen LogP contribution in [0.5, 0.6) is 5.88 Å². The zero-order valence-electron chi connectivity index (χ0n) is 18.3. The molecule has 3 aromatic heterocycles. The third-order valence-corrected chi connectivity index (χ3v) is 5.78. The third-order valence-electron chi connectivity index (χ3n) is 5.78. The van der Waals surface area contributed by atoms with Crippen molar-refractivity contribution in [2.75, 3.05) is 13.2 Å². The van der Waals surface area contributed by atoms with E-state index in [9.17, 15) is 13.2 Å². The fraction of sp³-hybridized carbons (Fsp3) is 0.333. The Balaban J connectivity index is 1.56. The van der Waals surface area contributed by atoms with Crippen molar-refractivity contribution in [3.8, 4) is 28.4 Å². The van der Waals surface area contributed by atoms with Gasteiger partial charge >= 0.3 is 6.18 Å². The Labute approximate surface area is 193 Å². The molecule has 0 spiro atoms. The van der Waals surface area contributed by atoms with Gasteiger partial charge in [-0.05, 0) is 62.1 Å². The number of unbranched alkanes of at least 4 members (excludes halogenated alkanes) is 1. The van der Waals surface area contributed by atoms with Gasteiger partial charge in [-0.2, -0.15) is 18.3 Å².